The van der Waals surface area contributed by atoms with E-state index < -0.39 is 0 Å². The first-order chi connectivity index (χ1) is 8.91. The van der Waals surface area contributed by atoms with Gasteiger partial charge in [0.1, 0.15) is 6.79 Å². The molecule has 0 aliphatic rings. The van der Waals surface area contributed by atoms with Gasteiger partial charge in [0.2, 0.25) is 0 Å². The van der Waals surface area contributed by atoms with Crippen molar-refractivity contribution in [3.63, 3.8) is 0 Å². The van der Waals surface area contributed by atoms with Crippen molar-refractivity contribution in [1.29, 1.82) is 0 Å². The molecule has 2 nitrogen and oxygen atoms in total. The average Bonchev–Trinajstić information content (AvgIpc) is 2.39. The summed E-state index contributed by atoms with van der Waals surface area (Å²) in [4.78, 5) is 0. The maximum absolute atomic E-state index is 5.42. The number of rotatable bonds is 14. The first kappa shape index (κ1) is 18.4. The van der Waals surface area contributed by atoms with Crippen molar-refractivity contribution in [2.75, 3.05) is 24.4 Å². The molecule has 0 aromatic carbocycles. The highest BCUT2D eigenvalue weighted by atomic mass is 127. The fourth-order valence-electron chi connectivity index (χ4n) is 1.61. The molecule has 0 aromatic heterocycles. The van der Waals surface area contributed by atoms with Crippen LogP contribution >= 0.6 is 22.6 Å². The van der Waals surface area contributed by atoms with Crippen LogP contribution in [-0.4, -0.2) is 24.4 Å². The number of unbranched alkanes of at least 4 members (excludes halogenated alkanes) is 5. The van der Waals surface area contributed by atoms with Gasteiger partial charge < -0.3 is 9.47 Å². The van der Waals surface area contributed by atoms with E-state index in [1.807, 2.05) is 0 Å². The van der Waals surface area contributed by atoms with Crippen molar-refractivity contribution in [3.05, 3.63) is 12.2 Å². The second-order valence-corrected chi connectivity index (χ2v) is 5.52. The van der Waals surface area contributed by atoms with E-state index in [2.05, 4.69) is 41.7 Å². The minimum atomic E-state index is 0.453. The van der Waals surface area contributed by atoms with E-state index in [1.54, 1.807) is 0 Å². The van der Waals surface area contributed by atoms with Gasteiger partial charge >= 0.3 is 0 Å². The van der Waals surface area contributed by atoms with Gasteiger partial charge in [-0.05, 0) is 19.3 Å². The third kappa shape index (κ3) is 16.4. The molecule has 3 heteroatoms. The van der Waals surface area contributed by atoms with Gasteiger partial charge in [0, 0.05) is 11.0 Å². The summed E-state index contributed by atoms with van der Waals surface area (Å²) in [6.07, 6.45) is 14.4. The summed E-state index contributed by atoms with van der Waals surface area (Å²) in [5.74, 6) is 0. The third-order valence-electron chi connectivity index (χ3n) is 2.68. The van der Waals surface area contributed by atoms with E-state index in [0.29, 0.717) is 6.79 Å². The lowest BCUT2D eigenvalue weighted by Gasteiger charge is -2.04. The van der Waals surface area contributed by atoms with Crippen LogP contribution in [0.4, 0.5) is 0 Å². The summed E-state index contributed by atoms with van der Waals surface area (Å²) in [6.45, 7) is 4.32. The minimum Gasteiger partial charge on any atom is -0.355 e. The second kappa shape index (κ2) is 17.4. The molecule has 0 saturated carbocycles. The van der Waals surface area contributed by atoms with Gasteiger partial charge in [-0.15, -0.1) is 0 Å². The molecular weight excluding hydrogens is 339 g/mol. The number of alkyl halides is 1. The Labute approximate surface area is 127 Å². The highest BCUT2D eigenvalue weighted by Crippen LogP contribution is 2.04. The van der Waals surface area contributed by atoms with Gasteiger partial charge in [0.25, 0.3) is 0 Å². The Morgan fingerprint density at radius 2 is 1.50 bits per heavy atom. The van der Waals surface area contributed by atoms with E-state index in [1.165, 1.54) is 43.0 Å². The molecule has 0 aliphatic carbocycles. The summed E-state index contributed by atoms with van der Waals surface area (Å²) in [7, 11) is 0. The topological polar surface area (TPSA) is 18.5 Å². The van der Waals surface area contributed by atoms with Gasteiger partial charge in [-0.2, -0.15) is 0 Å². The van der Waals surface area contributed by atoms with Gasteiger partial charge in [0.15, 0.2) is 0 Å². The van der Waals surface area contributed by atoms with Gasteiger partial charge in [-0.25, -0.2) is 0 Å². The summed E-state index contributed by atoms with van der Waals surface area (Å²) < 4.78 is 12.0. The molecule has 0 N–H and O–H groups in total. The van der Waals surface area contributed by atoms with Crippen molar-refractivity contribution in [1.82, 2.24) is 0 Å². The van der Waals surface area contributed by atoms with Crippen LogP contribution in [0.5, 0.6) is 0 Å². The van der Waals surface area contributed by atoms with Crippen LogP contribution < -0.4 is 0 Å². The Morgan fingerprint density at radius 3 is 2.28 bits per heavy atom. The normalized spacial score (nSPS) is 11.4. The van der Waals surface area contributed by atoms with Crippen molar-refractivity contribution < 1.29 is 9.47 Å². The average molecular weight is 368 g/mol. The Bertz CT molecular complexity index is 172. The Morgan fingerprint density at radius 1 is 0.833 bits per heavy atom. The SMILES string of the molecule is CCCCCCCCOCOCCC=CCCI. The maximum atomic E-state index is 5.42. The van der Waals surface area contributed by atoms with Crippen molar-refractivity contribution in [2.45, 2.75) is 58.3 Å². The van der Waals surface area contributed by atoms with Crippen LogP contribution in [-0.2, 0) is 9.47 Å². The molecule has 108 valence electrons. The summed E-state index contributed by atoms with van der Waals surface area (Å²) in [5, 5.41) is 0. The van der Waals surface area contributed by atoms with Crippen LogP contribution in [0.15, 0.2) is 12.2 Å². The van der Waals surface area contributed by atoms with Crippen LogP contribution in [0.1, 0.15) is 58.3 Å². The zero-order chi connectivity index (χ0) is 13.3. The Balaban J connectivity index is 2.94. The highest BCUT2D eigenvalue weighted by molar-refractivity contribution is 14.1. The number of ether oxygens (including phenoxy) is 2. The van der Waals surface area contributed by atoms with Crippen molar-refractivity contribution in [2.24, 2.45) is 0 Å². The standard InChI is InChI=1S/C15H29IO2/c1-2-3-4-5-7-10-13-17-15-18-14-11-8-6-9-12-16/h6,8H,2-5,7,9-15H2,1H3. The molecule has 0 bridgehead atoms. The lowest BCUT2D eigenvalue weighted by molar-refractivity contribution is -0.0531. The molecule has 0 heterocycles. The number of hydrogen-bond donors (Lipinski definition) is 0. The van der Waals surface area contributed by atoms with Crippen LogP contribution in [0.25, 0.3) is 0 Å². The molecule has 0 unspecified atom stereocenters. The molecule has 0 radical (unpaired) electrons. The van der Waals surface area contributed by atoms with Crippen molar-refractivity contribution >= 4 is 22.6 Å². The largest absolute Gasteiger partial charge is 0.355 e. The molecule has 0 amide bonds. The summed E-state index contributed by atoms with van der Waals surface area (Å²) in [5.41, 5.74) is 0. The van der Waals surface area contributed by atoms with E-state index in [4.69, 9.17) is 9.47 Å². The van der Waals surface area contributed by atoms with E-state index in [9.17, 15) is 0 Å². The predicted octanol–water partition coefficient (Wildman–Crippen LogP) is 5.11. The first-order valence-electron chi connectivity index (χ1n) is 7.28. The van der Waals surface area contributed by atoms with Crippen LogP contribution in [0, 0.1) is 0 Å². The third-order valence-corrected chi connectivity index (χ3v) is 3.30. The van der Waals surface area contributed by atoms with Crippen molar-refractivity contribution in [3.8, 4) is 0 Å². The maximum Gasteiger partial charge on any atom is 0.146 e. The molecule has 18 heavy (non-hydrogen) atoms. The molecule has 0 fully saturated rings. The quantitative estimate of drug-likeness (QED) is 0.139. The second-order valence-electron chi connectivity index (χ2n) is 4.44. The van der Waals surface area contributed by atoms with Gasteiger partial charge in [0.05, 0.1) is 6.61 Å². The lowest BCUT2D eigenvalue weighted by Crippen LogP contribution is -2.02. The molecule has 0 aliphatic heterocycles. The molecule has 0 saturated heterocycles. The molecular formula is C15H29IO2. The fourth-order valence-corrected chi connectivity index (χ4v) is 1.97. The van der Waals surface area contributed by atoms with Gasteiger partial charge in [-0.1, -0.05) is 73.8 Å². The summed E-state index contributed by atoms with van der Waals surface area (Å²) >= 11 is 2.38. The molecule has 0 aromatic rings. The van der Waals surface area contributed by atoms with E-state index in [0.717, 1.165) is 26.1 Å². The molecule has 0 rings (SSSR count). The van der Waals surface area contributed by atoms with Gasteiger partial charge in [-0.3, -0.25) is 0 Å². The fraction of sp³-hybridized carbons (Fsp3) is 0.867. The van der Waals surface area contributed by atoms with E-state index in [-0.39, 0.29) is 0 Å². The number of halogens is 1. The lowest BCUT2D eigenvalue weighted by atomic mass is 10.1. The first-order valence-corrected chi connectivity index (χ1v) is 8.80. The number of hydrogen-bond acceptors (Lipinski definition) is 2. The minimum absolute atomic E-state index is 0.453. The predicted molar refractivity (Wildman–Crippen MR) is 87.4 cm³/mol. The van der Waals surface area contributed by atoms with Crippen LogP contribution in [0.2, 0.25) is 0 Å². The zero-order valence-corrected chi connectivity index (χ0v) is 14.0. The van der Waals surface area contributed by atoms with Crippen LogP contribution in [0.3, 0.4) is 0 Å². The molecule has 0 atom stereocenters. The van der Waals surface area contributed by atoms with E-state index >= 15 is 0 Å². The Kier molecular flexibility index (Phi) is 17.8. The molecule has 0 spiro atoms. The Hall–Kier alpha value is 0.390. The number of allylic oxidation sites excluding steroid dienone is 1. The smallest absolute Gasteiger partial charge is 0.146 e. The monoisotopic (exact) mass is 368 g/mol. The zero-order valence-electron chi connectivity index (χ0n) is 11.8. The highest BCUT2D eigenvalue weighted by Gasteiger charge is 1.91. The summed E-state index contributed by atoms with van der Waals surface area (Å²) in [6, 6.07) is 0.